The summed E-state index contributed by atoms with van der Waals surface area (Å²) in [6.45, 7) is 3.75. The molecule has 3 nitrogen and oxygen atoms in total. The lowest BCUT2D eigenvalue weighted by atomic mass is 10.2. The summed E-state index contributed by atoms with van der Waals surface area (Å²) in [6.07, 6.45) is 2.84. The van der Waals surface area contributed by atoms with E-state index in [1.165, 1.54) is 0 Å². The van der Waals surface area contributed by atoms with Crippen molar-refractivity contribution in [2.75, 3.05) is 13.7 Å². The zero-order valence-electron chi connectivity index (χ0n) is 9.16. The van der Waals surface area contributed by atoms with Gasteiger partial charge in [0.2, 0.25) is 0 Å². The lowest BCUT2D eigenvalue weighted by Gasteiger charge is -2.12. The molecule has 1 unspecified atom stereocenters. The fourth-order valence-electron chi connectivity index (χ4n) is 1.19. The zero-order valence-corrected chi connectivity index (χ0v) is 10.8. The first kappa shape index (κ1) is 12.6. The van der Waals surface area contributed by atoms with Gasteiger partial charge in [-0.1, -0.05) is 0 Å². The standard InChI is InChI=1S/C11H17BrN2O/c1-9(5-6-15-2)13-8-11-4-3-10(12)7-14-11/h3-4,7,9,13H,5-6,8H2,1-2H3. The minimum absolute atomic E-state index is 0.454. The van der Waals surface area contributed by atoms with Crippen molar-refractivity contribution >= 4 is 15.9 Å². The topological polar surface area (TPSA) is 34.1 Å². The van der Waals surface area contributed by atoms with Crippen LogP contribution < -0.4 is 5.32 Å². The molecule has 0 bridgehead atoms. The molecule has 0 saturated carbocycles. The van der Waals surface area contributed by atoms with Gasteiger partial charge in [0.1, 0.15) is 0 Å². The quantitative estimate of drug-likeness (QED) is 0.864. The first-order valence-electron chi connectivity index (χ1n) is 5.05. The number of nitrogens with zero attached hydrogens (tertiary/aromatic N) is 1. The second kappa shape index (κ2) is 6.93. The molecule has 0 aliphatic rings. The summed E-state index contributed by atoms with van der Waals surface area (Å²) in [6, 6.07) is 4.47. The van der Waals surface area contributed by atoms with E-state index in [0.717, 1.165) is 29.7 Å². The molecule has 0 saturated heterocycles. The second-order valence-electron chi connectivity index (χ2n) is 3.53. The van der Waals surface area contributed by atoms with Crippen LogP contribution in [0.1, 0.15) is 19.0 Å². The molecule has 0 amide bonds. The number of hydrogen-bond acceptors (Lipinski definition) is 3. The van der Waals surface area contributed by atoms with E-state index in [4.69, 9.17) is 4.74 Å². The number of aromatic nitrogens is 1. The maximum Gasteiger partial charge on any atom is 0.0542 e. The van der Waals surface area contributed by atoms with Crippen LogP contribution in [0.4, 0.5) is 0 Å². The lowest BCUT2D eigenvalue weighted by Crippen LogP contribution is -2.26. The van der Waals surface area contributed by atoms with Crippen molar-refractivity contribution in [1.82, 2.24) is 10.3 Å². The molecule has 1 heterocycles. The number of ether oxygens (including phenoxy) is 1. The van der Waals surface area contributed by atoms with E-state index in [1.807, 2.05) is 18.3 Å². The largest absolute Gasteiger partial charge is 0.385 e. The van der Waals surface area contributed by atoms with Gasteiger partial charge in [0, 0.05) is 37.0 Å². The number of rotatable bonds is 6. The summed E-state index contributed by atoms with van der Waals surface area (Å²) in [4.78, 5) is 4.29. The molecule has 0 aromatic carbocycles. The predicted octanol–water partition coefficient (Wildman–Crippen LogP) is 2.36. The maximum absolute atomic E-state index is 5.02. The van der Waals surface area contributed by atoms with Crippen LogP contribution in [0.5, 0.6) is 0 Å². The maximum atomic E-state index is 5.02. The molecule has 1 atom stereocenters. The van der Waals surface area contributed by atoms with Gasteiger partial charge >= 0.3 is 0 Å². The summed E-state index contributed by atoms with van der Waals surface area (Å²) >= 11 is 3.36. The Kier molecular flexibility index (Phi) is 5.83. The van der Waals surface area contributed by atoms with Gasteiger partial charge in [-0.15, -0.1) is 0 Å². The van der Waals surface area contributed by atoms with Gasteiger partial charge in [-0.2, -0.15) is 0 Å². The molecule has 1 rings (SSSR count). The van der Waals surface area contributed by atoms with Crippen molar-refractivity contribution in [3.63, 3.8) is 0 Å². The lowest BCUT2D eigenvalue weighted by molar-refractivity contribution is 0.184. The molecule has 0 spiro atoms. The van der Waals surface area contributed by atoms with Gasteiger partial charge in [0.05, 0.1) is 5.69 Å². The van der Waals surface area contributed by atoms with Crippen molar-refractivity contribution in [1.29, 1.82) is 0 Å². The highest BCUT2D eigenvalue weighted by atomic mass is 79.9. The minimum Gasteiger partial charge on any atom is -0.385 e. The Morgan fingerprint density at radius 2 is 2.33 bits per heavy atom. The third-order valence-electron chi connectivity index (χ3n) is 2.18. The molecule has 4 heteroatoms. The Morgan fingerprint density at radius 1 is 1.53 bits per heavy atom. The fraction of sp³-hybridized carbons (Fsp3) is 0.545. The SMILES string of the molecule is COCCC(C)NCc1ccc(Br)cn1. The molecule has 0 fully saturated rings. The van der Waals surface area contributed by atoms with Gasteiger partial charge in [0.15, 0.2) is 0 Å². The minimum atomic E-state index is 0.454. The van der Waals surface area contributed by atoms with Crippen molar-refractivity contribution in [3.8, 4) is 0 Å². The van der Waals surface area contributed by atoms with Crippen LogP contribution in [0.2, 0.25) is 0 Å². The molecular weight excluding hydrogens is 256 g/mol. The summed E-state index contributed by atoms with van der Waals surface area (Å²) in [7, 11) is 1.73. The monoisotopic (exact) mass is 272 g/mol. The fourth-order valence-corrected chi connectivity index (χ4v) is 1.42. The molecule has 0 aliphatic heterocycles. The zero-order chi connectivity index (χ0) is 11.1. The van der Waals surface area contributed by atoms with Crippen LogP contribution >= 0.6 is 15.9 Å². The molecule has 84 valence electrons. The molecular formula is C11H17BrN2O. The van der Waals surface area contributed by atoms with Crippen molar-refractivity contribution < 1.29 is 4.74 Å². The third kappa shape index (κ3) is 5.25. The van der Waals surface area contributed by atoms with Crippen LogP contribution in [0.25, 0.3) is 0 Å². The highest BCUT2D eigenvalue weighted by Crippen LogP contribution is 2.07. The van der Waals surface area contributed by atoms with E-state index in [9.17, 15) is 0 Å². The van der Waals surface area contributed by atoms with E-state index in [0.29, 0.717) is 6.04 Å². The Morgan fingerprint density at radius 3 is 2.93 bits per heavy atom. The van der Waals surface area contributed by atoms with E-state index in [-0.39, 0.29) is 0 Å². The Balaban J connectivity index is 2.27. The first-order valence-corrected chi connectivity index (χ1v) is 5.84. The van der Waals surface area contributed by atoms with Crippen LogP contribution in [0, 0.1) is 0 Å². The van der Waals surface area contributed by atoms with Gasteiger partial charge in [0.25, 0.3) is 0 Å². The molecule has 15 heavy (non-hydrogen) atoms. The number of hydrogen-bond donors (Lipinski definition) is 1. The van der Waals surface area contributed by atoms with Gasteiger partial charge in [-0.3, -0.25) is 4.98 Å². The van der Waals surface area contributed by atoms with Gasteiger partial charge < -0.3 is 10.1 Å². The Bertz CT molecular complexity index is 276. The van der Waals surface area contributed by atoms with Crippen LogP contribution in [0.15, 0.2) is 22.8 Å². The van der Waals surface area contributed by atoms with Gasteiger partial charge in [-0.05, 0) is 41.4 Å². The highest BCUT2D eigenvalue weighted by molar-refractivity contribution is 9.10. The molecule has 1 aromatic rings. The first-order chi connectivity index (χ1) is 7.22. The number of nitrogens with one attached hydrogen (secondary N) is 1. The normalized spacial score (nSPS) is 12.7. The summed E-state index contributed by atoms with van der Waals surface area (Å²) in [5.74, 6) is 0. The molecule has 1 aromatic heterocycles. The molecule has 0 aliphatic carbocycles. The molecule has 1 N–H and O–H groups in total. The number of halogens is 1. The summed E-state index contributed by atoms with van der Waals surface area (Å²) in [5, 5.41) is 3.40. The van der Waals surface area contributed by atoms with Crippen LogP contribution in [-0.4, -0.2) is 24.7 Å². The summed E-state index contributed by atoms with van der Waals surface area (Å²) < 4.78 is 6.03. The van der Waals surface area contributed by atoms with Crippen LogP contribution in [-0.2, 0) is 11.3 Å². The Hall–Kier alpha value is -0.450. The van der Waals surface area contributed by atoms with E-state index < -0.39 is 0 Å². The predicted molar refractivity (Wildman–Crippen MR) is 64.7 cm³/mol. The average molecular weight is 273 g/mol. The second-order valence-corrected chi connectivity index (χ2v) is 4.45. The van der Waals surface area contributed by atoms with Crippen molar-refractivity contribution in [2.45, 2.75) is 25.9 Å². The van der Waals surface area contributed by atoms with E-state index >= 15 is 0 Å². The van der Waals surface area contributed by atoms with E-state index in [2.05, 4.69) is 33.2 Å². The number of pyridine rings is 1. The smallest absolute Gasteiger partial charge is 0.0542 e. The van der Waals surface area contributed by atoms with Gasteiger partial charge in [-0.25, -0.2) is 0 Å². The molecule has 0 radical (unpaired) electrons. The highest BCUT2D eigenvalue weighted by Gasteiger charge is 2.01. The summed E-state index contributed by atoms with van der Waals surface area (Å²) in [5.41, 5.74) is 1.06. The van der Waals surface area contributed by atoms with Crippen molar-refractivity contribution in [3.05, 3.63) is 28.5 Å². The average Bonchev–Trinajstić information content (AvgIpc) is 2.25. The Labute approximate surface area is 99.4 Å². The van der Waals surface area contributed by atoms with E-state index in [1.54, 1.807) is 7.11 Å². The third-order valence-corrected chi connectivity index (χ3v) is 2.64. The van der Waals surface area contributed by atoms with Crippen molar-refractivity contribution in [2.24, 2.45) is 0 Å². The van der Waals surface area contributed by atoms with Crippen LogP contribution in [0.3, 0.4) is 0 Å². The number of methoxy groups -OCH3 is 1.